The SMILES string of the molecule is COc1ccc(N(c2ccc(C=C(c3ccccc3)c3ccccc3)cc2)c2ccc(C=C(c3ccc(C)cc3)c3ccc(C)cc3)c3ccccc23)cc1. The summed E-state index contributed by atoms with van der Waals surface area (Å²) in [6.45, 7) is 4.27. The lowest BCUT2D eigenvalue weighted by atomic mass is 9.92. The average molecular weight is 710 g/mol. The van der Waals surface area contributed by atoms with Gasteiger partial charge in [0.2, 0.25) is 0 Å². The van der Waals surface area contributed by atoms with Gasteiger partial charge in [0.05, 0.1) is 12.8 Å². The Morgan fingerprint density at radius 3 is 1.40 bits per heavy atom. The molecule has 0 bridgehead atoms. The molecule has 8 aromatic carbocycles. The molecule has 0 fully saturated rings. The zero-order valence-electron chi connectivity index (χ0n) is 31.5. The van der Waals surface area contributed by atoms with Crippen molar-refractivity contribution in [2.75, 3.05) is 12.0 Å². The zero-order chi connectivity index (χ0) is 37.6. The van der Waals surface area contributed by atoms with Crippen molar-refractivity contribution in [1.82, 2.24) is 0 Å². The molecule has 55 heavy (non-hydrogen) atoms. The molecule has 8 rings (SSSR count). The summed E-state index contributed by atoms with van der Waals surface area (Å²) in [5.74, 6) is 0.823. The highest BCUT2D eigenvalue weighted by Crippen LogP contribution is 2.41. The van der Waals surface area contributed by atoms with Crippen LogP contribution in [-0.2, 0) is 0 Å². The standard InChI is InChI=1S/C53H43NO/c1-38-18-24-43(25-19-38)52(44-26-20-39(2)21-27-44)37-45-28-35-53(50-17-11-10-16-49(45)50)54(47-31-33-48(55-3)34-32-47)46-29-22-40(23-30-46)36-51(41-12-6-4-7-13-41)42-14-8-5-9-15-42/h4-37H,1-3H3. The van der Waals surface area contributed by atoms with Gasteiger partial charge in [0.1, 0.15) is 5.75 Å². The minimum atomic E-state index is 0.823. The Kier molecular flexibility index (Phi) is 10.2. The lowest BCUT2D eigenvalue weighted by Gasteiger charge is -2.27. The Morgan fingerprint density at radius 1 is 0.418 bits per heavy atom. The summed E-state index contributed by atoms with van der Waals surface area (Å²) >= 11 is 0. The van der Waals surface area contributed by atoms with Crippen LogP contribution in [0.2, 0.25) is 0 Å². The van der Waals surface area contributed by atoms with Gasteiger partial charge in [-0.05, 0) is 118 Å². The van der Waals surface area contributed by atoms with Crippen molar-refractivity contribution < 1.29 is 4.74 Å². The molecule has 0 aliphatic carbocycles. The first-order valence-electron chi connectivity index (χ1n) is 18.8. The summed E-state index contributed by atoms with van der Waals surface area (Å²) in [7, 11) is 1.71. The van der Waals surface area contributed by atoms with E-state index >= 15 is 0 Å². The van der Waals surface area contributed by atoms with Crippen LogP contribution in [0.3, 0.4) is 0 Å². The Bertz CT molecular complexity index is 2490. The Labute approximate surface area is 325 Å². The third-order valence-corrected chi connectivity index (χ3v) is 10.2. The molecule has 2 heteroatoms. The first-order chi connectivity index (χ1) is 27.0. The first-order valence-corrected chi connectivity index (χ1v) is 18.8. The van der Waals surface area contributed by atoms with E-state index in [1.165, 1.54) is 60.9 Å². The summed E-state index contributed by atoms with van der Waals surface area (Å²) in [4.78, 5) is 2.35. The predicted octanol–water partition coefficient (Wildman–Crippen LogP) is 14.1. The van der Waals surface area contributed by atoms with Gasteiger partial charge in [-0.3, -0.25) is 0 Å². The molecule has 0 spiro atoms. The van der Waals surface area contributed by atoms with Crippen LogP contribution in [-0.4, -0.2) is 7.11 Å². The number of nitrogens with zero attached hydrogens (tertiary/aromatic N) is 1. The first kappa shape index (κ1) is 35.1. The molecule has 0 saturated heterocycles. The van der Waals surface area contributed by atoms with Crippen LogP contribution in [0.25, 0.3) is 34.1 Å². The minimum Gasteiger partial charge on any atom is -0.497 e. The normalized spacial score (nSPS) is 10.8. The number of fused-ring (bicyclic) bond motifs is 1. The summed E-state index contributed by atoms with van der Waals surface area (Å²) in [5.41, 5.74) is 15.1. The quantitative estimate of drug-likeness (QED) is 0.131. The highest BCUT2D eigenvalue weighted by Gasteiger charge is 2.18. The number of anilines is 3. The Balaban J connectivity index is 1.25. The molecule has 0 aliphatic heterocycles. The topological polar surface area (TPSA) is 12.5 Å². The lowest BCUT2D eigenvalue weighted by Crippen LogP contribution is -2.10. The van der Waals surface area contributed by atoms with Gasteiger partial charge in [-0.25, -0.2) is 0 Å². The second kappa shape index (κ2) is 16.0. The van der Waals surface area contributed by atoms with Crippen molar-refractivity contribution in [3.05, 3.63) is 239 Å². The van der Waals surface area contributed by atoms with Crippen molar-refractivity contribution in [1.29, 1.82) is 0 Å². The molecule has 8 aromatic rings. The number of hydrogen-bond donors (Lipinski definition) is 0. The fourth-order valence-electron chi connectivity index (χ4n) is 7.20. The average Bonchev–Trinajstić information content (AvgIpc) is 3.24. The molecule has 0 aromatic heterocycles. The van der Waals surface area contributed by atoms with Gasteiger partial charge in [0.15, 0.2) is 0 Å². The van der Waals surface area contributed by atoms with Crippen LogP contribution < -0.4 is 9.64 Å². The lowest BCUT2D eigenvalue weighted by molar-refractivity contribution is 0.415. The molecule has 2 nitrogen and oxygen atoms in total. The zero-order valence-corrected chi connectivity index (χ0v) is 31.5. The van der Waals surface area contributed by atoms with E-state index in [1.807, 2.05) is 12.1 Å². The fourth-order valence-corrected chi connectivity index (χ4v) is 7.20. The largest absolute Gasteiger partial charge is 0.497 e. The van der Waals surface area contributed by atoms with Gasteiger partial charge in [0, 0.05) is 16.8 Å². The van der Waals surface area contributed by atoms with Gasteiger partial charge in [-0.15, -0.1) is 0 Å². The molecule has 0 aliphatic rings. The number of benzene rings is 8. The van der Waals surface area contributed by atoms with Gasteiger partial charge < -0.3 is 9.64 Å². The predicted molar refractivity (Wildman–Crippen MR) is 234 cm³/mol. The monoisotopic (exact) mass is 709 g/mol. The van der Waals surface area contributed by atoms with Crippen molar-refractivity contribution >= 4 is 51.1 Å². The minimum absolute atomic E-state index is 0.823. The molecule has 0 N–H and O–H groups in total. The fraction of sp³-hybridized carbons (Fsp3) is 0.0566. The maximum atomic E-state index is 5.56. The van der Waals surface area contributed by atoms with E-state index in [2.05, 4.69) is 213 Å². The molecule has 0 saturated carbocycles. The number of ether oxygens (including phenoxy) is 1. The van der Waals surface area contributed by atoms with Gasteiger partial charge >= 0.3 is 0 Å². The maximum Gasteiger partial charge on any atom is 0.119 e. The molecule has 266 valence electrons. The van der Waals surface area contributed by atoms with E-state index in [1.54, 1.807) is 7.11 Å². The van der Waals surface area contributed by atoms with Gasteiger partial charge in [-0.2, -0.15) is 0 Å². The van der Waals surface area contributed by atoms with E-state index < -0.39 is 0 Å². The van der Waals surface area contributed by atoms with Crippen LogP contribution in [0.15, 0.2) is 194 Å². The van der Waals surface area contributed by atoms with E-state index in [-0.39, 0.29) is 0 Å². The second-order valence-electron chi connectivity index (χ2n) is 13.9. The summed E-state index contributed by atoms with van der Waals surface area (Å²) in [6.07, 6.45) is 4.62. The number of aryl methyl sites for hydroxylation is 2. The summed E-state index contributed by atoms with van der Waals surface area (Å²) < 4.78 is 5.56. The van der Waals surface area contributed by atoms with Crippen LogP contribution in [0, 0.1) is 13.8 Å². The summed E-state index contributed by atoms with van der Waals surface area (Å²) in [5, 5.41) is 2.35. The summed E-state index contributed by atoms with van der Waals surface area (Å²) in [6, 6.07) is 69.3. The smallest absolute Gasteiger partial charge is 0.119 e. The number of rotatable bonds is 10. The maximum absolute atomic E-state index is 5.56. The molecule has 0 radical (unpaired) electrons. The van der Waals surface area contributed by atoms with Gasteiger partial charge in [0.25, 0.3) is 0 Å². The van der Waals surface area contributed by atoms with Crippen LogP contribution in [0.1, 0.15) is 44.5 Å². The van der Waals surface area contributed by atoms with Crippen molar-refractivity contribution in [3.63, 3.8) is 0 Å². The molecular weight excluding hydrogens is 667 g/mol. The van der Waals surface area contributed by atoms with E-state index in [0.717, 1.165) is 28.4 Å². The third kappa shape index (κ3) is 7.76. The molecule has 0 unspecified atom stereocenters. The van der Waals surface area contributed by atoms with E-state index in [0.29, 0.717) is 0 Å². The number of hydrogen-bond acceptors (Lipinski definition) is 2. The van der Waals surface area contributed by atoms with Crippen molar-refractivity contribution in [2.45, 2.75) is 13.8 Å². The highest BCUT2D eigenvalue weighted by atomic mass is 16.5. The van der Waals surface area contributed by atoms with Crippen LogP contribution in [0.4, 0.5) is 17.1 Å². The number of methoxy groups -OCH3 is 1. The van der Waals surface area contributed by atoms with Crippen molar-refractivity contribution in [3.8, 4) is 5.75 Å². The Hall–Kier alpha value is -6.90. The molecule has 0 heterocycles. The van der Waals surface area contributed by atoms with E-state index in [4.69, 9.17) is 4.74 Å². The molecular formula is C53H43NO. The molecule has 0 atom stereocenters. The second-order valence-corrected chi connectivity index (χ2v) is 13.9. The van der Waals surface area contributed by atoms with Crippen LogP contribution >= 0.6 is 0 Å². The molecule has 0 amide bonds. The van der Waals surface area contributed by atoms with Crippen molar-refractivity contribution in [2.24, 2.45) is 0 Å². The van der Waals surface area contributed by atoms with Gasteiger partial charge in [-0.1, -0.05) is 163 Å². The Morgan fingerprint density at radius 2 is 0.873 bits per heavy atom. The third-order valence-electron chi connectivity index (χ3n) is 10.2. The highest BCUT2D eigenvalue weighted by molar-refractivity contribution is 6.06. The van der Waals surface area contributed by atoms with Crippen LogP contribution in [0.5, 0.6) is 5.75 Å². The van der Waals surface area contributed by atoms with E-state index in [9.17, 15) is 0 Å².